The average Bonchev–Trinajstić information content (AvgIpc) is 3.16. The lowest BCUT2D eigenvalue weighted by molar-refractivity contribution is 0.747. The average molecular weight is 319 g/mol. The van der Waals surface area contributed by atoms with Gasteiger partial charge in [0.25, 0.3) is 0 Å². The smallest absolute Gasteiger partial charge is 0.191 e. The first kappa shape index (κ1) is 16.5. The van der Waals surface area contributed by atoms with E-state index in [-0.39, 0.29) is 0 Å². The monoisotopic (exact) mass is 319 g/mol. The van der Waals surface area contributed by atoms with Crippen LogP contribution in [0.5, 0.6) is 0 Å². The molecule has 2 aromatic rings. The van der Waals surface area contributed by atoms with Gasteiger partial charge in [-0.25, -0.2) is 0 Å². The summed E-state index contributed by atoms with van der Waals surface area (Å²) in [6.45, 7) is 6.81. The highest BCUT2D eigenvalue weighted by molar-refractivity contribution is 7.07. The number of aryl methyl sites for hydroxylation is 1. The molecule has 0 amide bonds. The molecule has 2 aromatic heterocycles. The molecular weight excluding hydrogens is 294 g/mol. The second-order valence-corrected chi connectivity index (χ2v) is 6.16. The Balaban J connectivity index is 1.81. The van der Waals surface area contributed by atoms with Gasteiger partial charge in [-0.05, 0) is 41.3 Å². The number of rotatable bonds is 7. The Labute approximate surface area is 136 Å². The van der Waals surface area contributed by atoms with Crippen molar-refractivity contribution in [2.45, 2.75) is 26.2 Å². The minimum absolute atomic E-state index is 0.444. The molecule has 1 atom stereocenters. The summed E-state index contributed by atoms with van der Waals surface area (Å²) in [6.07, 6.45) is 4.90. The van der Waals surface area contributed by atoms with Crippen molar-refractivity contribution in [3.05, 3.63) is 40.3 Å². The number of hydrogen-bond acceptors (Lipinski definition) is 3. The van der Waals surface area contributed by atoms with E-state index in [0.717, 1.165) is 32.0 Å². The zero-order valence-electron chi connectivity index (χ0n) is 13.5. The van der Waals surface area contributed by atoms with E-state index in [0.29, 0.717) is 5.92 Å². The summed E-state index contributed by atoms with van der Waals surface area (Å²) < 4.78 is 1.83. The van der Waals surface area contributed by atoms with Crippen LogP contribution >= 0.6 is 11.3 Å². The molecular formula is C16H25N5S. The van der Waals surface area contributed by atoms with E-state index in [1.165, 1.54) is 11.1 Å². The summed E-state index contributed by atoms with van der Waals surface area (Å²) in [4.78, 5) is 4.68. The first-order chi connectivity index (χ1) is 10.7. The number of thiophene rings is 1. The summed E-state index contributed by atoms with van der Waals surface area (Å²) in [5.41, 5.74) is 2.59. The molecule has 0 bridgehead atoms. The van der Waals surface area contributed by atoms with E-state index < -0.39 is 0 Å². The Kier molecular flexibility index (Phi) is 6.45. The van der Waals surface area contributed by atoms with Crippen molar-refractivity contribution in [3.8, 4) is 0 Å². The standard InChI is InChI=1S/C16H25N5S/c1-4-17-16(18-7-5-14-10-20-21(3)11-14)19-9-13(2)15-6-8-22-12-15/h6,8,10-13H,4-5,7,9H2,1-3H3,(H2,17,18,19). The van der Waals surface area contributed by atoms with Gasteiger partial charge in [0.2, 0.25) is 0 Å². The second-order valence-electron chi connectivity index (χ2n) is 5.38. The van der Waals surface area contributed by atoms with Gasteiger partial charge in [-0.1, -0.05) is 6.92 Å². The normalized spacial score (nSPS) is 13.1. The van der Waals surface area contributed by atoms with Crippen LogP contribution in [0, 0.1) is 0 Å². The molecule has 22 heavy (non-hydrogen) atoms. The minimum atomic E-state index is 0.444. The van der Waals surface area contributed by atoms with Crippen molar-refractivity contribution < 1.29 is 0 Å². The van der Waals surface area contributed by atoms with Crippen molar-refractivity contribution in [2.75, 3.05) is 19.6 Å². The second kappa shape index (κ2) is 8.58. The number of aliphatic imine (C=N–C) groups is 1. The number of nitrogens with one attached hydrogen (secondary N) is 2. The van der Waals surface area contributed by atoms with Crippen molar-refractivity contribution in [1.82, 2.24) is 20.4 Å². The molecule has 2 N–H and O–H groups in total. The number of nitrogens with zero attached hydrogens (tertiary/aromatic N) is 3. The van der Waals surface area contributed by atoms with Crippen LogP contribution in [-0.4, -0.2) is 35.4 Å². The van der Waals surface area contributed by atoms with E-state index in [9.17, 15) is 0 Å². The van der Waals surface area contributed by atoms with Crippen molar-refractivity contribution in [2.24, 2.45) is 12.0 Å². The van der Waals surface area contributed by atoms with Crippen molar-refractivity contribution in [3.63, 3.8) is 0 Å². The Morgan fingerprint density at radius 2 is 2.32 bits per heavy atom. The summed E-state index contributed by atoms with van der Waals surface area (Å²) in [6, 6.07) is 2.17. The third-order valence-corrected chi connectivity index (χ3v) is 4.15. The Bertz CT molecular complexity index is 573. The van der Waals surface area contributed by atoms with E-state index in [4.69, 9.17) is 0 Å². The van der Waals surface area contributed by atoms with Gasteiger partial charge in [0.15, 0.2) is 5.96 Å². The summed E-state index contributed by atoms with van der Waals surface area (Å²) in [5.74, 6) is 1.33. The van der Waals surface area contributed by atoms with Gasteiger partial charge in [-0.3, -0.25) is 9.67 Å². The predicted molar refractivity (Wildman–Crippen MR) is 93.6 cm³/mol. The molecule has 0 aliphatic carbocycles. The molecule has 0 fully saturated rings. The van der Waals surface area contributed by atoms with Gasteiger partial charge in [-0.2, -0.15) is 16.4 Å². The molecule has 0 saturated carbocycles. The van der Waals surface area contributed by atoms with Crippen molar-refractivity contribution >= 4 is 17.3 Å². The number of aromatic nitrogens is 2. The Hall–Kier alpha value is -1.82. The first-order valence-corrected chi connectivity index (χ1v) is 8.65. The maximum atomic E-state index is 4.68. The highest BCUT2D eigenvalue weighted by Gasteiger charge is 2.06. The van der Waals surface area contributed by atoms with Gasteiger partial charge in [0.05, 0.1) is 6.20 Å². The highest BCUT2D eigenvalue weighted by atomic mass is 32.1. The minimum Gasteiger partial charge on any atom is -0.357 e. The van der Waals surface area contributed by atoms with Crippen LogP contribution in [0.1, 0.15) is 30.9 Å². The molecule has 2 heterocycles. The third kappa shape index (κ3) is 5.18. The predicted octanol–water partition coefficient (Wildman–Crippen LogP) is 2.38. The fraction of sp³-hybridized carbons (Fsp3) is 0.500. The third-order valence-electron chi connectivity index (χ3n) is 3.44. The molecule has 2 rings (SSSR count). The Morgan fingerprint density at radius 1 is 1.45 bits per heavy atom. The van der Waals surface area contributed by atoms with Crippen molar-refractivity contribution in [1.29, 1.82) is 0 Å². The topological polar surface area (TPSA) is 54.2 Å². The molecule has 0 aliphatic rings. The fourth-order valence-corrected chi connectivity index (χ4v) is 2.94. The maximum absolute atomic E-state index is 4.68. The molecule has 0 spiro atoms. The number of guanidine groups is 1. The zero-order valence-corrected chi connectivity index (χ0v) is 14.4. The summed E-state index contributed by atoms with van der Waals surface area (Å²) >= 11 is 1.74. The van der Waals surface area contributed by atoms with Crippen LogP contribution in [-0.2, 0) is 13.5 Å². The van der Waals surface area contributed by atoms with Gasteiger partial charge < -0.3 is 10.6 Å². The van der Waals surface area contributed by atoms with Gasteiger partial charge >= 0.3 is 0 Å². The fourth-order valence-electron chi connectivity index (χ4n) is 2.16. The molecule has 6 heteroatoms. The van der Waals surface area contributed by atoms with Crippen LogP contribution in [0.2, 0.25) is 0 Å². The molecule has 0 aromatic carbocycles. The molecule has 0 radical (unpaired) electrons. The largest absolute Gasteiger partial charge is 0.357 e. The van der Waals surface area contributed by atoms with E-state index >= 15 is 0 Å². The molecule has 1 unspecified atom stereocenters. The van der Waals surface area contributed by atoms with Crippen LogP contribution in [0.15, 0.2) is 34.2 Å². The molecule has 5 nitrogen and oxygen atoms in total. The summed E-state index contributed by atoms with van der Waals surface area (Å²) in [5, 5.41) is 15.2. The first-order valence-electron chi connectivity index (χ1n) is 7.70. The van der Waals surface area contributed by atoms with Gasteiger partial charge in [0, 0.05) is 38.8 Å². The van der Waals surface area contributed by atoms with Crippen LogP contribution in [0.4, 0.5) is 0 Å². The van der Waals surface area contributed by atoms with E-state index in [1.54, 1.807) is 11.3 Å². The molecule has 0 saturated heterocycles. The SMILES string of the molecule is CCNC(=NCC(C)c1ccsc1)NCCc1cnn(C)c1. The maximum Gasteiger partial charge on any atom is 0.191 e. The van der Waals surface area contributed by atoms with E-state index in [1.807, 2.05) is 24.1 Å². The quantitative estimate of drug-likeness (QED) is 0.608. The molecule has 0 aliphatic heterocycles. The Morgan fingerprint density at radius 3 is 2.95 bits per heavy atom. The lowest BCUT2D eigenvalue weighted by Gasteiger charge is -2.12. The lowest BCUT2D eigenvalue weighted by atomic mass is 10.1. The van der Waals surface area contributed by atoms with Gasteiger partial charge in [-0.15, -0.1) is 0 Å². The number of hydrogen-bond donors (Lipinski definition) is 2. The molecule has 120 valence electrons. The zero-order chi connectivity index (χ0) is 15.8. The van der Waals surface area contributed by atoms with Crippen LogP contribution < -0.4 is 10.6 Å². The van der Waals surface area contributed by atoms with Gasteiger partial charge in [0.1, 0.15) is 0 Å². The summed E-state index contributed by atoms with van der Waals surface area (Å²) in [7, 11) is 1.94. The van der Waals surface area contributed by atoms with Crippen LogP contribution in [0.25, 0.3) is 0 Å². The van der Waals surface area contributed by atoms with E-state index in [2.05, 4.69) is 51.4 Å². The highest BCUT2D eigenvalue weighted by Crippen LogP contribution is 2.18. The lowest BCUT2D eigenvalue weighted by Crippen LogP contribution is -2.38. The van der Waals surface area contributed by atoms with Crippen LogP contribution in [0.3, 0.4) is 0 Å².